The van der Waals surface area contributed by atoms with Crippen molar-refractivity contribution in [3.63, 3.8) is 0 Å². The van der Waals surface area contributed by atoms with Gasteiger partial charge in [0.1, 0.15) is 16.5 Å². The van der Waals surface area contributed by atoms with Gasteiger partial charge in [0.2, 0.25) is 21.1 Å². The minimum absolute atomic E-state index is 0.0629. The van der Waals surface area contributed by atoms with Crippen molar-refractivity contribution in [1.29, 1.82) is 0 Å². The van der Waals surface area contributed by atoms with Crippen molar-refractivity contribution in [2.24, 2.45) is 0 Å². The molecule has 0 radical (unpaired) electrons. The highest BCUT2D eigenvalue weighted by Crippen LogP contribution is 2.31. The maximum atomic E-state index is 13.1. The number of aromatic nitrogens is 3. The van der Waals surface area contributed by atoms with E-state index < -0.39 is 10.0 Å². The predicted molar refractivity (Wildman–Crippen MR) is 115 cm³/mol. The molecule has 0 unspecified atom stereocenters. The van der Waals surface area contributed by atoms with Crippen molar-refractivity contribution in [2.45, 2.75) is 49.1 Å². The zero-order valence-electron chi connectivity index (χ0n) is 17.3. The van der Waals surface area contributed by atoms with Crippen molar-refractivity contribution >= 4 is 33.4 Å². The molecule has 1 amide bonds. The fourth-order valence-electron chi connectivity index (χ4n) is 3.11. The van der Waals surface area contributed by atoms with E-state index in [-0.39, 0.29) is 28.2 Å². The Hall–Kier alpha value is -2.11. The maximum Gasteiger partial charge on any atom is 0.246 e. The number of anilines is 1. The predicted octanol–water partition coefficient (Wildman–Crippen LogP) is 2.84. The molecule has 1 aliphatic heterocycles. The van der Waals surface area contributed by atoms with E-state index in [2.05, 4.69) is 20.5 Å². The summed E-state index contributed by atoms with van der Waals surface area (Å²) in [6.45, 7) is 4.99. The first kappa shape index (κ1) is 22.6. The lowest BCUT2D eigenvalue weighted by atomic mass is 10.2. The average Bonchev–Trinajstić information content (AvgIpc) is 3.22. The summed E-state index contributed by atoms with van der Waals surface area (Å²) in [6.07, 6.45) is 2.71. The molecule has 0 spiro atoms. The molecule has 1 aromatic carbocycles. The van der Waals surface area contributed by atoms with Crippen LogP contribution in [-0.4, -0.2) is 59.8 Å². The van der Waals surface area contributed by atoms with Crippen LogP contribution in [0.25, 0.3) is 0 Å². The first-order valence-electron chi connectivity index (χ1n) is 9.84. The number of amides is 1. The number of methoxy groups -OCH3 is 1. The number of thioether (sulfide) groups is 1. The number of carbonyl (C=O) groups excluding carboxylic acids is 1. The molecule has 1 fully saturated rings. The Morgan fingerprint density at radius 2 is 2.03 bits per heavy atom. The topological polar surface area (TPSA) is 117 Å². The molecule has 30 heavy (non-hydrogen) atoms. The Morgan fingerprint density at radius 3 is 2.67 bits per heavy atom. The van der Waals surface area contributed by atoms with E-state index in [0.717, 1.165) is 25.1 Å². The summed E-state index contributed by atoms with van der Waals surface area (Å²) in [6, 6.07) is 4.64. The zero-order chi connectivity index (χ0) is 21.7. The van der Waals surface area contributed by atoms with Crippen molar-refractivity contribution in [3.8, 4) is 5.75 Å². The van der Waals surface area contributed by atoms with Gasteiger partial charge in [-0.2, -0.15) is 4.31 Å². The SMILES string of the molecule is COc1ccc(NC(=O)CSc2n[nH]c(C(C)C)n2)cc1S(=O)(=O)N1CCCCC1. The summed E-state index contributed by atoms with van der Waals surface area (Å²) >= 11 is 1.21. The summed E-state index contributed by atoms with van der Waals surface area (Å²) < 4.78 is 32.9. The largest absolute Gasteiger partial charge is 0.495 e. The molecule has 1 aliphatic rings. The number of rotatable bonds is 8. The van der Waals surface area contributed by atoms with Crippen molar-refractivity contribution in [2.75, 3.05) is 31.3 Å². The monoisotopic (exact) mass is 453 g/mol. The molecule has 1 aromatic heterocycles. The van der Waals surface area contributed by atoms with Crippen LogP contribution in [0.3, 0.4) is 0 Å². The number of hydrogen-bond acceptors (Lipinski definition) is 7. The van der Waals surface area contributed by atoms with Gasteiger partial charge in [0, 0.05) is 24.7 Å². The molecule has 3 rings (SSSR count). The Balaban J connectivity index is 1.70. The van der Waals surface area contributed by atoms with Gasteiger partial charge in [0.15, 0.2) is 0 Å². The summed E-state index contributed by atoms with van der Waals surface area (Å²) in [7, 11) is -2.26. The lowest BCUT2D eigenvalue weighted by Gasteiger charge is -2.26. The summed E-state index contributed by atoms with van der Waals surface area (Å²) in [5, 5.41) is 10.2. The quantitative estimate of drug-likeness (QED) is 0.590. The van der Waals surface area contributed by atoms with Crippen LogP contribution in [-0.2, 0) is 14.8 Å². The zero-order valence-corrected chi connectivity index (χ0v) is 19.0. The van der Waals surface area contributed by atoms with E-state index in [1.807, 2.05) is 13.8 Å². The van der Waals surface area contributed by atoms with Crippen molar-refractivity contribution in [3.05, 3.63) is 24.0 Å². The van der Waals surface area contributed by atoms with Gasteiger partial charge in [-0.25, -0.2) is 13.4 Å². The Morgan fingerprint density at radius 1 is 1.30 bits per heavy atom. The fourth-order valence-corrected chi connectivity index (χ4v) is 5.41. The highest BCUT2D eigenvalue weighted by molar-refractivity contribution is 7.99. The fraction of sp³-hybridized carbons (Fsp3) is 0.526. The number of H-pyrrole nitrogens is 1. The summed E-state index contributed by atoms with van der Waals surface area (Å²) in [5.74, 6) is 1.08. The molecule has 11 heteroatoms. The summed E-state index contributed by atoms with van der Waals surface area (Å²) in [5.41, 5.74) is 0.398. The molecular formula is C19H27N5O4S2. The molecule has 2 N–H and O–H groups in total. The first-order chi connectivity index (χ1) is 14.3. The van der Waals surface area contributed by atoms with E-state index in [4.69, 9.17) is 4.74 Å². The molecule has 9 nitrogen and oxygen atoms in total. The van der Waals surface area contributed by atoms with E-state index in [0.29, 0.717) is 23.9 Å². The third-order valence-corrected chi connectivity index (χ3v) is 7.51. The van der Waals surface area contributed by atoms with E-state index >= 15 is 0 Å². The van der Waals surface area contributed by atoms with Gasteiger partial charge in [-0.15, -0.1) is 5.10 Å². The second-order valence-electron chi connectivity index (χ2n) is 7.33. The van der Waals surface area contributed by atoms with Crippen LogP contribution in [0.5, 0.6) is 5.75 Å². The number of nitrogens with zero attached hydrogens (tertiary/aromatic N) is 3. The van der Waals surface area contributed by atoms with Crippen LogP contribution < -0.4 is 10.1 Å². The molecule has 1 saturated heterocycles. The molecule has 0 bridgehead atoms. The van der Waals surface area contributed by atoms with Gasteiger partial charge in [0.05, 0.1) is 12.9 Å². The molecule has 0 saturated carbocycles. The maximum absolute atomic E-state index is 13.1. The third kappa shape index (κ3) is 5.32. The van der Waals surface area contributed by atoms with Crippen LogP contribution in [0.2, 0.25) is 0 Å². The smallest absolute Gasteiger partial charge is 0.246 e. The molecule has 2 aromatic rings. The number of aromatic amines is 1. The van der Waals surface area contributed by atoms with Gasteiger partial charge < -0.3 is 10.1 Å². The third-order valence-electron chi connectivity index (χ3n) is 4.74. The minimum atomic E-state index is -3.70. The molecule has 164 valence electrons. The summed E-state index contributed by atoms with van der Waals surface area (Å²) in [4.78, 5) is 16.7. The molecule has 2 heterocycles. The number of benzene rings is 1. The second kappa shape index (κ2) is 9.80. The van der Waals surface area contributed by atoms with Crippen LogP contribution in [0.1, 0.15) is 44.9 Å². The highest BCUT2D eigenvalue weighted by Gasteiger charge is 2.29. The van der Waals surface area contributed by atoms with Gasteiger partial charge in [-0.1, -0.05) is 32.0 Å². The van der Waals surface area contributed by atoms with Gasteiger partial charge >= 0.3 is 0 Å². The van der Waals surface area contributed by atoms with Gasteiger partial charge in [-0.05, 0) is 31.0 Å². The standard InChI is InChI=1S/C19H27N5O4S2/c1-13(2)18-21-19(23-22-18)29-12-17(25)20-14-7-8-15(28-3)16(11-14)30(26,27)24-9-5-4-6-10-24/h7-8,11,13H,4-6,9-10,12H2,1-3H3,(H,20,25)(H,21,22,23). The van der Waals surface area contributed by atoms with E-state index in [9.17, 15) is 13.2 Å². The number of nitrogens with one attached hydrogen (secondary N) is 2. The lowest BCUT2D eigenvalue weighted by molar-refractivity contribution is -0.113. The average molecular weight is 454 g/mol. The Labute approximate surface area is 181 Å². The van der Waals surface area contributed by atoms with Gasteiger partial charge in [-0.3, -0.25) is 9.89 Å². The van der Waals surface area contributed by atoms with E-state index in [1.165, 1.54) is 29.2 Å². The van der Waals surface area contributed by atoms with E-state index in [1.54, 1.807) is 12.1 Å². The van der Waals surface area contributed by atoms with Crippen LogP contribution in [0.4, 0.5) is 5.69 Å². The number of ether oxygens (including phenoxy) is 1. The molecule has 0 atom stereocenters. The Kier molecular flexibility index (Phi) is 7.37. The van der Waals surface area contributed by atoms with Gasteiger partial charge in [0.25, 0.3) is 0 Å². The number of hydrogen-bond donors (Lipinski definition) is 2. The second-order valence-corrected chi connectivity index (χ2v) is 10.2. The lowest BCUT2D eigenvalue weighted by Crippen LogP contribution is -2.35. The number of piperidine rings is 1. The number of sulfonamides is 1. The Bertz CT molecular complexity index is 985. The number of carbonyl (C=O) groups is 1. The minimum Gasteiger partial charge on any atom is -0.495 e. The van der Waals surface area contributed by atoms with Crippen LogP contribution >= 0.6 is 11.8 Å². The first-order valence-corrected chi connectivity index (χ1v) is 12.3. The van der Waals surface area contributed by atoms with Crippen LogP contribution in [0.15, 0.2) is 28.3 Å². The van der Waals surface area contributed by atoms with Crippen LogP contribution in [0, 0.1) is 0 Å². The van der Waals surface area contributed by atoms with Crippen molar-refractivity contribution < 1.29 is 17.9 Å². The highest BCUT2D eigenvalue weighted by atomic mass is 32.2. The van der Waals surface area contributed by atoms with Crippen molar-refractivity contribution in [1.82, 2.24) is 19.5 Å². The normalized spacial score (nSPS) is 15.3. The molecule has 0 aliphatic carbocycles. The molecular weight excluding hydrogens is 426 g/mol.